The maximum absolute atomic E-state index is 11.7. The molecule has 0 aliphatic carbocycles. The van der Waals surface area contributed by atoms with Crippen LogP contribution in [0.1, 0.15) is 21.7 Å². The molecule has 134 valence electrons. The van der Waals surface area contributed by atoms with E-state index in [1.54, 1.807) is 18.2 Å². The van der Waals surface area contributed by atoms with Crippen molar-refractivity contribution in [3.05, 3.63) is 57.0 Å². The van der Waals surface area contributed by atoms with Crippen molar-refractivity contribution in [1.29, 1.82) is 5.26 Å². The van der Waals surface area contributed by atoms with Crippen LogP contribution in [0.15, 0.2) is 40.2 Å². The Bertz CT molecular complexity index is 1170. The van der Waals surface area contributed by atoms with Crippen LogP contribution < -0.4 is 0 Å². The molecule has 0 spiro atoms. The third-order valence-corrected chi connectivity index (χ3v) is 5.83. The molecule has 10 heteroatoms. The Morgan fingerprint density at radius 1 is 1.37 bits per heavy atom. The Hall–Kier alpha value is -2.93. The molecular weight excluding hydrogens is 408 g/mol. The standard InChI is InChI=1S/C17H9ClN4O3S2/c18-14-4-3-12(27-14)11-6-9(21-25-11)8-22-16(17(23)24)10(7-19)15(20-22)13-2-1-5-26-13/h1-6H,8H2,(H,23,24). The second-order valence-electron chi connectivity index (χ2n) is 5.41. The molecule has 7 nitrogen and oxygen atoms in total. The Morgan fingerprint density at radius 2 is 2.22 bits per heavy atom. The molecule has 1 N–H and O–H groups in total. The van der Waals surface area contributed by atoms with E-state index in [1.807, 2.05) is 23.6 Å². The summed E-state index contributed by atoms with van der Waals surface area (Å²) < 4.78 is 7.21. The Kier molecular flexibility index (Phi) is 4.53. The van der Waals surface area contributed by atoms with Gasteiger partial charge >= 0.3 is 5.97 Å². The molecule has 0 fully saturated rings. The molecule has 27 heavy (non-hydrogen) atoms. The van der Waals surface area contributed by atoms with Gasteiger partial charge in [0.2, 0.25) is 0 Å². The van der Waals surface area contributed by atoms with E-state index in [-0.39, 0.29) is 17.8 Å². The van der Waals surface area contributed by atoms with Gasteiger partial charge in [0.1, 0.15) is 23.0 Å². The summed E-state index contributed by atoms with van der Waals surface area (Å²) in [6.07, 6.45) is 0. The van der Waals surface area contributed by atoms with Crippen LogP contribution >= 0.6 is 34.3 Å². The van der Waals surface area contributed by atoms with Crippen LogP contribution in [0.3, 0.4) is 0 Å². The van der Waals surface area contributed by atoms with Crippen LogP contribution in [-0.2, 0) is 6.54 Å². The highest BCUT2D eigenvalue weighted by atomic mass is 35.5. The van der Waals surface area contributed by atoms with Gasteiger partial charge in [-0.2, -0.15) is 10.4 Å². The summed E-state index contributed by atoms with van der Waals surface area (Å²) in [7, 11) is 0. The van der Waals surface area contributed by atoms with Crippen LogP contribution in [-0.4, -0.2) is 26.0 Å². The van der Waals surface area contributed by atoms with Crippen molar-refractivity contribution < 1.29 is 14.4 Å². The fraction of sp³-hybridized carbons (Fsp3) is 0.0588. The molecule has 0 unspecified atom stereocenters. The first-order valence-electron chi connectivity index (χ1n) is 7.56. The summed E-state index contributed by atoms with van der Waals surface area (Å²) in [5.74, 6) is -0.694. The van der Waals surface area contributed by atoms with Crippen molar-refractivity contribution in [2.45, 2.75) is 6.54 Å². The number of nitriles is 1. The maximum Gasteiger partial charge on any atom is 0.355 e. The lowest BCUT2D eigenvalue weighted by atomic mass is 10.1. The van der Waals surface area contributed by atoms with Crippen molar-refractivity contribution in [3.63, 3.8) is 0 Å². The number of carboxylic acid groups (broad SMARTS) is 1. The number of carbonyl (C=O) groups is 1. The molecule has 0 saturated heterocycles. The van der Waals surface area contributed by atoms with Crippen molar-refractivity contribution in [3.8, 4) is 27.3 Å². The van der Waals surface area contributed by atoms with E-state index in [9.17, 15) is 15.2 Å². The zero-order valence-corrected chi connectivity index (χ0v) is 15.8. The van der Waals surface area contributed by atoms with Gasteiger partial charge in [0, 0.05) is 6.07 Å². The minimum absolute atomic E-state index is 0.0266. The van der Waals surface area contributed by atoms with Gasteiger partial charge in [0.25, 0.3) is 0 Å². The van der Waals surface area contributed by atoms with E-state index in [0.29, 0.717) is 21.5 Å². The van der Waals surface area contributed by atoms with Gasteiger partial charge in [-0.15, -0.1) is 22.7 Å². The lowest BCUT2D eigenvalue weighted by molar-refractivity contribution is 0.0683. The summed E-state index contributed by atoms with van der Waals surface area (Å²) in [6, 6.07) is 10.8. The summed E-state index contributed by atoms with van der Waals surface area (Å²) in [4.78, 5) is 13.3. The summed E-state index contributed by atoms with van der Waals surface area (Å²) in [5.41, 5.74) is 0.684. The Labute approximate surface area is 165 Å². The van der Waals surface area contributed by atoms with Crippen molar-refractivity contribution in [2.75, 3.05) is 0 Å². The van der Waals surface area contributed by atoms with Gasteiger partial charge in [-0.05, 0) is 23.6 Å². The molecule has 0 atom stereocenters. The maximum atomic E-state index is 11.7. The van der Waals surface area contributed by atoms with Crippen LogP contribution in [0.25, 0.3) is 21.2 Å². The number of rotatable bonds is 5. The molecule has 4 aromatic heterocycles. The van der Waals surface area contributed by atoms with Crippen molar-refractivity contribution in [1.82, 2.24) is 14.9 Å². The smallest absolute Gasteiger partial charge is 0.355 e. The lowest BCUT2D eigenvalue weighted by Gasteiger charge is -2.00. The molecule has 0 aliphatic heterocycles. The van der Waals surface area contributed by atoms with E-state index in [0.717, 1.165) is 9.75 Å². The summed E-state index contributed by atoms with van der Waals surface area (Å²) in [5, 5.41) is 29.2. The normalized spacial score (nSPS) is 10.8. The first-order valence-corrected chi connectivity index (χ1v) is 9.63. The minimum atomic E-state index is -1.23. The highest BCUT2D eigenvalue weighted by molar-refractivity contribution is 7.19. The third-order valence-electron chi connectivity index (χ3n) is 3.71. The van der Waals surface area contributed by atoms with Crippen LogP contribution in [0.5, 0.6) is 0 Å². The van der Waals surface area contributed by atoms with Crippen molar-refractivity contribution in [2.24, 2.45) is 0 Å². The largest absolute Gasteiger partial charge is 0.476 e. The lowest BCUT2D eigenvalue weighted by Crippen LogP contribution is -2.12. The van der Waals surface area contributed by atoms with Gasteiger partial charge in [0.05, 0.1) is 20.6 Å². The molecule has 0 radical (unpaired) electrons. The quantitative estimate of drug-likeness (QED) is 0.509. The topological polar surface area (TPSA) is 105 Å². The minimum Gasteiger partial charge on any atom is -0.476 e. The van der Waals surface area contributed by atoms with Crippen molar-refractivity contribution >= 4 is 40.2 Å². The predicted molar refractivity (Wildman–Crippen MR) is 101 cm³/mol. The number of nitrogens with zero attached hydrogens (tertiary/aromatic N) is 4. The molecule has 4 rings (SSSR count). The number of hydrogen-bond donors (Lipinski definition) is 1. The fourth-order valence-corrected chi connectivity index (χ4v) is 4.29. The van der Waals surface area contributed by atoms with Gasteiger partial charge in [0.15, 0.2) is 11.5 Å². The zero-order valence-electron chi connectivity index (χ0n) is 13.4. The van der Waals surface area contributed by atoms with E-state index in [2.05, 4.69) is 10.3 Å². The zero-order chi connectivity index (χ0) is 19.0. The number of hydrogen-bond acceptors (Lipinski definition) is 7. The third kappa shape index (κ3) is 3.26. The van der Waals surface area contributed by atoms with E-state index >= 15 is 0 Å². The SMILES string of the molecule is N#Cc1c(-c2cccs2)nn(Cc2cc(-c3ccc(Cl)s3)on2)c1C(=O)O. The Morgan fingerprint density at radius 3 is 2.85 bits per heavy atom. The van der Waals surface area contributed by atoms with E-state index < -0.39 is 5.97 Å². The number of halogens is 1. The van der Waals surface area contributed by atoms with Gasteiger partial charge < -0.3 is 9.63 Å². The number of thiophene rings is 2. The van der Waals surface area contributed by atoms with Crippen LogP contribution in [0.4, 0.5) is 0 Å². The molecule has 0 bridgehead atoms. The van der Waals surface area contributed by atoms with Gasteiger partial charge in [-0.1, -0.05) is 22.8 Å². The van der Waals surface area contributed by atoms with Gasteiger partial charge in [-0.3, -0.25) is 4.68 Å². The summed E-state index contributed by atoms with van der Waals surface area (Å²) >= 11 is 8.67. The number of aromatic nitrogens is 3. The Balaban J connectivity index is 1.73. The molecule has 4 heterocycles. The second-order valence-corrected chi connectivity index (χ2v) is 8.07. The number of aromatic carboxylic acids is 1. The van der Waals surface area contributed by atoms with Crippen LogP contribution in [0.2, 0.25) is 4.34 Å². The second kappa shape index (κ2) is 7.00. The highest BCUT2D eigenvalue weighted by Gasteiger charge is 2.25. The fourth-order valence-electron chi connectivity index (χ4n) is 2.59. The van der Waals surface area contributed by atoms with E-state index in [1.165, 1.54) is 27.4 Å². The summed E-state index contributed by atoms with van der Waals surface area (Å²) in [6.45, 7) is 0.0598. The first-order chi connectivity index (χ1) is 13.1. The van der Waals surface area contributed by atoms with Gasteiger partial charge in [-0.25, -0.2) is 4.79 Å². The monoisotopic (exact) mass is 416 g/mol. The molecule has 0 aliphatic rings. The number of carboxylic acids is 1. The molecular formula is C17H9ClN4O3S2. The first kappa shape index (κ1) is 17.5. The van der Waals surface area contributed by atoms with E-state index in [4.69, 9.17) is 16.1 Å². The molecule has 0 amide bonds. The average Bonchev–Trinajstić information content (AvgIpc) is 3.41. The average molecular weight is 417 g/mol. The predicted octanol–water partition coefficient (Wildman–Crippen LogP) is 4.60. The van der Waals surface area contributed by atoms with Crippen LogP contribution in [0, 0.1) is 11.3 Å². The highest BCUT2D eigenvalue weighted by Crippen LogP contribution is 2.32. The molecule has 4 aromatic rings. The molecule has 0 aromatic carbocycles. The molecule has 0 saturated carbocycles.